The molecule has 76 valence electrons. The number of hydrogen-bond acceptors (Lipinski definition) is 2. The van der Waals surface area contributed by atoms with Crippen LogP contribution in [0, 0.1) is 0 Å². The Hall–Kier alpha value is -1.61. The molecule has 0 saturated heterocycles. The van der Waals surface area contributed by atoms with E-state index >= 15 is 0 Å². The summed E-state index contributed by atoms with van der Waals surface area (Å²) in [5.41, 5.74) is 1.72. The van der Waals surface area contributed by atoms with Crippen molar-refractivity contribution < 1.29 is 4.79 Å². The largest absolute Gasteiger partial charge is 0.303 e. The predicted octanol–water partition coefficient (Wildman–Crippen LogP) is 2.27. The Bertz CT molecular complexity index is 465. The highest BCUT2D eigenvalue weighted by atomic mass is 35.5. The summed E-state index contributed by atoms with van der Waals surface area (Å²) in [4.78, 5) is 10.3. The Morgan fingerprint density at radius 2 is 2.33 bits per heavy atom. The van der Waals surface area contributed by atoms with Crippen molar-refractivity contribution in [2.75, 3.05) is 0 Å². The van der Waals surface area contributed by atoms with Crippen LogP contribution in [0.3, 0.4) is 0 Å². The molecule has 0 aliphatic heterocycles. The number of aromatic nitrogens is 2. The third-order valence-corrected chi connectivity index (χ3v) is 2.39. The molecule has 0 atom stereocenters. The average Bonchev–Trinajstić information content (AvgIpc) is 2.71. The summed E-state index contributed by atoms with van der Waals surface area (Å²) >= 11 is 6.08. The molecule has 0 unspecified atom stereocenters. The van der Waals surface area contributed by atoms with E-state index in [1.807, 2.05) is 24.4 Å². The Morgan fingerprint density at radius 1 is 1.47 bits per heavy atom. The number of rotatable bonds is 3. The zero-order valence-corrected chi connectivity index (χ0v) is 8.69. The van der Waals surface area contributed by atoms with E-state index in [0.717, 1.165) is 17.5 Å². The second kappa shape index (κ2) is 4.28. The van der Waals surface area contributed by atoms with Crippen molar-refractivity contribution in [1.82, 2.24) is 9.78 Å². The number of halogens is 1. The number of carbonyl (C=O) groups is 1. The highest BCUT2D eigenvalue weighted by Gasteiger charge is 2.03. The fourth-order valence-corrected chi connectivity index (χ4v) is 1.66. The second-order valence-electron chi connectivity index (χ2n) is 3.11. The van der Waals surface area contributed by atoms with Crippen molar-refractivity contribution in [3.8, 4) is 5.69 Å². The van der Waals surface area contributed by atoms with Gasteiger partial charge in [0.25, 0.3) is 0 Å². The summed E-state index contributed by atoms with van der Waals surface area (Å²) in [5.74, 6) is 0. The van der Waals surface area contributed by atoms with E-state index in [9.17, 15) is 4.79 Å². The molecule has 0 saturated carbocycles. The lowest BCUT2D eigenvalue weighted by molar-refractivity contribution is -0.107. The Morgan fingerprint density at radius 3 is 2.93 bits per heavy atom. The molecule has 2 aromatic rings. The van der Waals surface area contributed by atoms with Gasteiger partial charge in [-0.2, -0.15) is 5.10 Å². The molecule has 4 heteroatoms. The van der Waals surface area contributed by atoms with Crippen molar-refractivity contribution in [3.05, 3.63) is 47.2 Å². The summed E-state index contributed by atoms with van der Waals surface area (Å²) in [6, 6.07) is 7.34. The third-order valence-electron chi connectivity index (χ3n) is 2.08. The molecule has 0 bridgehead atoms. The van der Waals surface area contributed by atoms with Crippen molar-refractivity contribution >= 4 is 17.9 Å². The lowest BCUT2D eigenvalue weighted by Gasteiger charge is -2.05. The zero-order valence-electron chi connectivity index (χ0n) is 7.93. The minimum absolute atomic E-state index is 0.388. The molecule has 15 heavy (non-hydrogen) atoms. The summed E-state index contributed by atoms with van der Waals surface area (Å²) in [6.45, 7) is 0. The van der Waals surface area contributed by atoms with Crippen LogP contribution in [0.25, 0.3) is 5.69 Å². The predicted molar refractivity (Wildman–Crippen MR) is 58.3 cm³/mol. The van der Waals surface area contributed by atoms with E-state index < -0.39 is 0 Å². The van der Waals surface area contributed by atoms with E-state index in [4.69, 9.17) is 11.6 Å². The van der Waals surface area contributed by atoms with Gasteiger partial charge in [0.2, 0.25) is 0 Å². The van der Waals surface area contributed by atoms with Crippen LogP contribution in [0.15, 0.2) is 36.7 Å². The van der Waals surface area contributed by atoms with Crippen LogP contribution in [0.4, 0.5) is 0 Å². The van der Waals surface area contributed by atoms with Crippen molar-refractivity contribution in [2.45, 2.75) is 6.42 Å². The quantitative estimate of drug-likeness (QED) is 0.744. The molecule has 1 aromatic heterocycles. The number of benzene rings is 1. The van der Waals surface area contributed by atoms with E-state index in [0.29, 0.717) is 11.4 Å². The minimum Gasteiger partial charge on any atom is -0.303 e. The van der Waals surface area contributed by atoms with Gasteiger partial charge in [-0.3, -0.25) is 0 Å². The van der Waals surface area contributed by atoms with Gasteiger partial charge in [0, 0.05) is 18.8 Å². The SMILES string of the molecule is O=CCc1ccc(-n2cccn2)c(Cl)c1. The van der Waals surface area contributed by atoms with Crippen molar-refractivity contribution in [1.29, 1.82) is 0 Å². The summed E-state index contributed by atoms with van der Waals surface area (Å²) in [6.07, 6.45) is 4.76. The van der Waals surface area contributed by atoms with Crippen LogP contribution in [0.1, 0.15) is 5.56 Å². The van der Waals surface area contributed by atoms with Crippen molar-refractivity contribution in [2.24, 2.45) is 0 Å². The van der Waals surface area contributed by atoms with Crippen LogP contribution >= 0.6 is 11.6 Å². The van der Waals surface area contributed by atoms with Gasteiger partial charge in [-0.05, 0) is 23.8 Å². The van der Waals surface area contributed by atoms with Crippen LogP contribution < -0.4 is 0 Å². The van der Waals surface area contributed by atoms with E-state index in [1.165, 1.54) is 0 Å². The van der Waals surface area contributed by atoms with Crippen LogP contribution in [-0.2, 0) is 11.2 Å². The first-order chi connectivity index (χ1) is 7.31. The highest BCUT2D eigenvalue weighted by molar-refractivity contribution is 6.32. The standard InChI is InChI=1S/C11H9ClN2O/c12-10-8-9(4-7-15)2-3-11(10)14-6-1-5-13-14/h1-3,5-8H,4H2. The molecule has 0 fully saturated rings. The smallest absolute Gasteiger partial charge is 0.124 e. The van der Waals surface area contributed by atoms with Gasteiger partial charge in [0.15, 0.2) is 0 Å². The van der Waals surface area contributed by atoms with Crippen LogP contribution in [0.2, 0.25) is 5.02 Å². The molecule has 0 amide bonds. The number of nitrogens with zero attached hydrogens (tertiary/aromatic N) is 2. The summed E-state index contributed by atoms with van der Waals surface area (Å²) in [7, 11) is 0. The first-order valence-corrected chi connectivity index (χ1v) is 4.91. The molecule has 0 N–H and O–H groups in total. The Labute approximate surface area is 92.3 Å². The monoisotopic (exact) mass is 220 g/mol. The third kappa shape index (κ3) is 2.07. The van der Waals surface area contributed by atoms with Gasteiger partial charge in [0.05, 0.1) is 10.7 Å². The van der Waals surface area contributed by atoms with Crippen LogP contribution in [-0.4, -0.2) is 16.1 Å². The van der Waals surface area contributed by atoms with Gasteiger partial charge in [0.1, 0.15) is 6.29 Å². The second-order valence-corrected chi connectivity index (χ2v) is 3.51. The van der Waals surface area contributed by atoms with E-state index in [2.05, 4.69) is 5.10 Å². The first kappa shape index (κ1) is 9.93. The van der Waals surface area contributed by atoms with Gasteiger partial charge < -0.3 is 4.79 Å². The number of aldehydes is 1. The average molecular weight is 221 g/mol. The first-order valence-electron chi connectivity index (χ1n) is 4.53. The van der Waals surface area contributed by atoms with Gasteiger partial charge >= 0.3 is 0 Å². The fraction of sp³-hybridized carbons (Fsp3) is 0.0909. The normalized spacial score (nSPS) is 10.2. The highest BCUT2D eigenvalue weighted by Crippen LogP contribution is 2.21. The number of carbonyl (C=O) groups excluding carboxylic acids is 1. The van der Waals surface area contributed by atoms with E-state index in [-0.39, 0.29) is 0 Å². The van der Waals surface area contributed by atoms with Crippen LogP contribution in [0.5, 0.6) is 0 Å². The Balaban J connectivity index is 2.39. The number of hydrogen-bond donors (Lipinski definition) is 0. The topological polar surface area (TPSA) is 34.9 Å². The van der Waals surface area contributed by atoms with Crippen molar-refractivity contribution in [3.63, 3.8) is 0 Å². The molecule has 3 nitrogen and oxygen atoms in total. The maximum Gasteiger partial charge on any atom is 0.124 e. The molecule has 0 aliphatic carbocycles. The van der Waals surface area contributed by atoms with Gasteiger partial charge in [-0.25, -0.2) is 4.68 Å². The lowest BCUT2D eigenvalue weighted by atomic mass is 10.1. The molecule has 2 rings (SSSR count). The summed E-state index contributed by atoms with van der Waals surface area (Å²) in [5, 5.41) is 4.68. The minimum atomic E-state index is 0.388. The maximum atomic E-state index is 10.3. The zero-order chi connectivity index (χ0) is 10.7. The maximum absolute atomic E-state index is 10.3. The van der Waals surface area contributed by atoms with Gasteiger partial charge in [-0.1, -0.05) is 17.7 Å². The molecular formula is C11H9ClN2O. The molecule has 1 aromatic carbocycles. The van der Waals surface area contributed by atoms with E-state index in [1.54, 1.807) is 16.9 Å². The summed E-state index contributed by atoms with van der Waals surface area (Å²) < 4.78 is 1.69. The molecule has 0 radical (unpaired) electrons. The molecule has 0 spiro atoms. The van der Waals surface area contributed by atoms with Gasteiger partial charge in [-0.15, -0.1) is 0 Å². The molecule has 1 heterocycles. The fourth-order valence-electron chi connectivity index (χ4n) is 1.37. The lowest BCUT2D eigenvalue weighted by Crippen LogP contribution is -1.96. The molecule has 0 aliphatic rings. The Kier molecular flexibility index (Phi) is 2.83. The molecular weight excluding hydrogens is 212 g/mol.